The van der Waals surface area contributed by atoms with E-state index in [1.165, 1.54) is 0 Å². The molecule has 2 aromatic carbocycles. The molecule has 0 fully saturated rings. The van der Waals surface area contributed by atoms with E-state index < -0.39 is 11.8 Å². The first-order chi connectivity index (χ1) is 14.4. The van der Waals surface area contributed by atoms with Crippen molar-refractivity contribution < 1.29 is 18.8 Å². The molecule has 0 aliphatic rings. The number of hydrogen-bond donors (Lipinski definition) is 3. The molecule has 1 atom stereocenters. The largest absolute Gasteiger partial charge is 0.497 e. The fourth-order valence-electron chi connectivity index (χ4n) is 2.82. The molecule has 0 saturated carbocycles. The quantitative estimate of drug-likeness (QED) is 0.549. The summed E-state index contributed by atoms with van der Waals surface area (Å²) in [6, 6.07) is 12.6. The maximum Gasteiger partial charge on any atom is 0.439 e. The van der Waals surface area contributed by atoms with Crippen LogP contribution in [0.1, 0.15) is 24.2 Å². The molecule has 1 heterocycles. The standard InChI is InChI=1S/C21H22N4O5/c1-12(2)17(23-19(26)13-7-9-16(29-3)10-8-13)20(27)22-15-6-4-5-14(11-15)18-24-21(28)30-25-18/h4-12,17H,1-3H3,(H,22,27)(H,23,26)(H,24,25,28). The Morgan fingerprint density at radius 2 is 1.87 bits per heavy atom. The lowest BCUT2D eigenvalue weighted by atomic mass is 10.0. The van der Waals surface area contributed by atoms with Crippen LogP contribution in [0.15, 0.2) is 57.8 Å². The number of amides is 2. The van der Waals surface area contributed by atoms with Crippen LogP contribution in [-0.4, -0.2) is 35.1 Å². The fourth-order valence-corrected chi connectivity index (χ4v) is 2.82. The third-order valence-corrected chi connectivity index (χ3v) is 4.43. The van der Waals surface area contributed by atoms with Gasteiger partial charge in [0.05, 0.1) is 7.11 Å². The number of carbonyl (C=O) groups is 2. The second-order valence-electron chi connectivity index (χ2n) is 6.94. The molecule has 1 aromatic heterocycles. The predicted molar refractivity (Wildman–Crippen MR) is 110 cm³/mol. The Balaban J connectivity index is 1.72. The van der Waals surface area contributed by atoms with Crippen molar-refractivity contribution in [2.75, 3.05) is 12.4 Å². The molecule has 3 N–H and O–H groups in total. The van der Waals surface area contributed by atoms with Crippen molar-refractivity contribution in [2.45, 2.75) is 19.9 Å². The van der Waals surface area contributed by atoms with Gasteiger partial charge < -0.3 is 15.4 Å². The van der Waals surface area contributed by atoms with E-state index in [0.717, 1.165) is 0 Å². The first kappa shape index (κ1) is 20.8. The van der Waals surface area contributed by atoms with Gasteiger partial charge in [-0.15, -0.1) is 0 Å². The van der Waals surface area contributed by atoms with Gasteiger partial charge in [-0.25, -0.2) is 4.79 Å². The van der Waals surface area contributed by atoms with E-state index in [1.807, 2.05) is 13.8 Å². The number of aromatic amines is 1. The number of methoxy groups -OCH3 is 1. The molecule has 0 bridgehead atoms. The number of aromatic nitrogens is 2. The first-order valence-electron chi connectivity index (χ1n) is 9.29. The van der Waals surface area contributed by atoms with Crippen molar-refractivity contribution in [2.24, 2.45) is 5.92 Å². The first-order valence-corrected chi connectivity index (χ1v) is 9.29. The normalized spacial score (nSPS) is 11.7. The molecule has 2 amide bonds. The summed E-state index contributed by atoms with van der Waals surface area (Å²) in [7, 11) is 1.55. The Labute approximate surface area is 172 Å². The van der Waals surface area contributed by atoms with Crippen LogP contribution in [0.4, 0.5) is 5.69 Å². The summed E-state index contributed by atoms with van der Waals surface area (Å²) in [5, 5.41) is 9.20. The van der Waals surface area contributed by atoms with E-state index in [-0.39, 0.29) is 23.6 Å². The average molecular weight is 410 g/mol. The molecule has 156 valence electrons. The minimum atomic E-state index is -0.755. The maximum atomic E-state index is 12.8. The summed E-state index contributed by atoms with van der Waals surface area (Å²) < 4.78 is 9.60. The number of ether oxygens (including phenoxy) is 1. The van der Waals surface area contributed by atoms with Crippen LogP contribution in [0.25, 0.3) is 11.4 Å². The number of carbonyl (C=O) groups excluding carboxylic acids is 2. The second kappa shape index (κ2) is 9.08. The van der Waals surface area contributed by atoms with Gasteiger partial charge in [-0.1, -0.05) is 31.1 Å². The average Bonchev–Trinajstić information content (AvgIpc) is 3.18. The smallest absolute Gasteiger partial charge is 0.439 e. The van der Waals surface area contributed by atoms with E-state index in [9.17, 15) is 14.4 Å². The maximum absolute atomic E-state index is 12.8. The van der Waals surface area contributed by atoms with E-state index in [0.29, 0.717) is 22.6 Å². The minimum absolute atomic E-state index is 0.151. The van der Waals surface area contributed by atoms with Crippen molar-refractivity contribution in [3.8, 4) is 17.1 Å². The summed E-state index contributed by atoms with van der Waals surface area (Å²) >= 11 is 0. The molecule has 0 saturated heterocycles. The molecule has 0 spiro atoms. The van der Waals surface area contributed by atoms with Gasteiger partial charge >= 0.3 is 5.76 Å². The van der Waals surface area contributed by atoms with Gasteiger partial charge in [-0.3, -0.25) is 19.1 Å². The molecular formula is C21H22N4O5. The number of benzene rings is 2. The Hall–Kier alpha value is -3.88. The molecule has 3 aromatic rings. The molecule has 9 heteroatoms. The Morgan fingerprint density at radius 1 is 1.13 bits per heavy atom. The highest BCUT2D eigenvalue weighted by Crippen LogP contribution is 2.19. The van der Waals surface area contributed by atoms with Crippen LogP contribution >= 0.6 is 0 Å². The van der Waals surface area contributed by atoms with Gasteiger partial charge in [0, 0.05) is 16.8 Å². The zero-order valence-electron chi connectivity index (χ0n) is 16.8. The summed E-state index contributed by atoms with van der Waals surface area (Å²) in [6.45, 7) is 3.68. The van der Waals surface area contributed by atoms with E-state index in [2.05, 4.69) is 25.3 Å². The Kier molecular flexibility index (Phi) is 6.31. The van der Waals surface area contributed by atoms with Crippen LogP contribution in [-0.2, 0) is 4.79 Å². The highest BCUT2D eigenvalue weighted by atomic mass is 16.5. The van der Waals surface area contributed by atoms with Crippen LogP contribution in [0.5, 0.6) is 5.75 Å². The number of anilines is 1. The van der Waals surface area contributed by atoms with Crippen molar-refractivity contribution in [1.29, 1.82) is 0 Å². The second-order valence-corrected chi connectivity index (χ2v) is 6.94. The fraction of sp³-hybridized carbons (Fsp3) is 0.238. The van der Waals surface area contributed by atoms with Gasteiger partial charge in [0.2, 0.25) is 5.91 Å². The third-order valence-electron chi connectivity index (χ3n) is 4.43. The summed E-state index contributed by atoms with van der Waals surface area (Å²) in [6.07, 6.45) is 0. The molecule has 0 radical (unpaired) electrons. The number of rotatable bonds is 7. The summed E-state index contributed by atoms with van der Waals surface area (Å²) in [5.41, 5.74) is 1.49. The molecular weight excluding hydrogens is 388 g/mol. The SMILES string of the molecule is COc1ccc(C(=O)NC(C(=O)Nc2cccc(-c3noc(=O)[nH]3)c2)C(C)C)cc1. The van der Waals surface area contributed by atoms with Crippen LogP contribution in [0.3, 0.4) is 0 Å². The zero-order chi connectivity index (χ0) is 21.7. The number of nitrogens with zero attached hydrogens (tertiary/aromatic N) is 1. The van der Waals surface area contributed by atoms with Crippen LogP contribution < -0.4 is 21.1 Å². The van der Waals surface area contributed by atoms with Gasteiger partial charge in [-0.2, -0.15) is 0 Å². The summed E-state index contributed by atoms with van der Waals surface area (Å²) in [5.74, 6) is -0.650. The molecule has 0 aliphatic heterocycles. The highest BCUT2D eigenvalue weighted by Gasteiger charge is 2.25. The van der Waals surface area contributed by atoms with Crippen molar-refractivity contribution in [3.05, 3.63) is 64.6 Å². The van der Waals surface area contributed by atoms with E-state index in [1.54, 1.807) is 55.6 Å². The predicted octanol–water partition coefficient (Wildman–Crippen LogP) is 2.43. The van der Waals surface area contributed by atoms with Crippen LogP contribution in [0.2, 0.25) is 0 Å². The topological polar surface area (TPSA) is 126 Å². The number of nitrogens with one attached hydrogen (secondary N) is 3. The molecule has 9 nitrogen and oxygen atoms in total. The Morgan fingerprint density at radius 3 is 2.47 bits per heavy atom. The Bertz CT molecular complexity index is 1090. The molecule has 3 rings (SSSR count). The minimum Gasteiger partial charge on any atom is -0.497 e. The monoisotopic (exact) mass is 410 g/mol. The highest BCUT2D eigenvalue weighted by molar-refractivity contribution is 6.01. The lowest BCUT2D eigenvalue weighted by molar-refractivity contribution is -0.118. The van der Waals surface area contributed by atoms with Gasteiger partial charge in [-0.05, 0) is 42.3 Å². The van der Waals surface area contributed by atoms with Gasteiger partial charge in [0.1, 0.15) is 11.8 Å². The van der Waals surface area contributed by atoms with E-state index >= 15 is 0 Å². The van der Waals surface area contributed by atoms with Crippen molar-refractivity contribution >= 4 is 17.5 Å². The van der Waals surface area contributed by atoms with Gasteiger partial charge in [0.15, 0.2) is 5.82 Å². The molecule has 1 unspecified atom stereocenters. The lowest BCUT2D eigenvalue weighted by Gasteiger charge is -2.22. The van der Waals surface area contributed by atoms with E-state index in [4.69, 9.17) is 4.74 Å². The number of hydrogen-bond acceptors (Lipinski definition) is 6. The number of H-pyrrole nitrogens is 1. The molecule has 30 heavy (non-hydrogen) atoms. The third kappa shape index (κ3) is 4.93. The van der Waals surface area contributed by atoms with Gasteiger partial charge in [0.25, 0.3) is 5.91 Å². The van der Waals surface area contributed by atoms with Crippen molar-refractivity contribution in [3.63, 3.8) is 0 Å². The lowest BCUT2D eigenvalue weighted by Crippen LogP contribution is -2.47. The zero-order valence-corrected chi connectivity index (χ0v) is 16.8. The van der Waals surface area contributed by atoms with Crippen LogP contribution in [0, 0.1) is 5.92 Å². The molecule has 0 aliphatic carbocycles. The summed E-state index contributed by atoms with van der Waals surface area (Å²) in [4.78, 5) is 39.0. The van der Waals surface area contributed by atoms with Crippen molar-refractivity contribution in [1.82, 2.24) is 15.5 Å².